The molecule has 0 unspecified atom stereocenters. The predicted molar refractivity (Wildman–Crippen MR) is 108 cm³/mol. The Balaban J connectivity index is 1.21. The van der Waals surface area contributed by atoms with Crippen LogP contribution in [0.1, 0.15) is 38.5 Å². The van der Waals surface area contributed by atoms with E-state index in [-0.39, 0.29) is 43.4 Å². The number of rotatable bonds is 7. The first-order chi connectivity index (χ1) is 14.6. The highest BCUT2D eigenvalue weighted by Crippen LogP contribution is 2.34. The Morgan fingerprint density at radius 2 is 1.93 bits per heavy atom. The van der Waals surface area contributed by atoms with Gasteiger partial charge in [0, 0.05) is 24.2 Å². The van der Waals surface area contributed by atoms with Crippen molar-refractivity contribution in [3.8, 4) is 11.5 Å². The molecule has 0 spiro atoms. The first-order valence-electron chi connectivity index (χ1n) is 10.6. The quantitative estimate of drug-likeness (QED) is 0.535. The minimum absolute atomic E-state index is 0.0428. The second-order valence-corrected chi connectivity index (χ2v) is 8.04. The van der Waals surface area contributed by atoms with Crippen LogP contribution in [0, 0.1) is 5.92 Å². The summed E-state index contributed by atoms with van der Waals surface area (Å²) in [5, 5.41) is 18.3. The van der Waals surface area contributed by atoms with Gasteiger partial charge in [0.05, 0.1) is 18.8 Å². The molecule has 1 aliphatic carbocycles. The lowest BCUT2D eigenvalue weighted by Gasteiger charge is -2.36. The van der Waals surface area contributed by atoms with Gasteiger partial charge in [-0.3, -0.25) is 4.79 Å². The molecule has 164 valence electrons. The average Bonchev–Trinajstić information content (AvgIpc) is 3.15. The summed E-state index contributed by atoms with van der Waals surface area (Å²) in [6, 6.07) is 4.53. The van der Waals surface area contributed by atoms with Gasteiger partial charge in [0.25, 0.3) is 0 Å². The number of urea groups is 1. The van der Waals surface area contributed by atoms with Gasteiger partial charge in [-0.25, -0.2) is 4.79 Å². The largest absolute Gasteiger partial charge is 0.454 e. The third-order valence-electron chi connectivity index (χ3n) is 5.98. The molecule has 2 heterocycles. The zero-order valence-corrected chi connectivity index (χ0v) is 16.9. The van der Waals surface area contributed by atoms with Gasteiger partial charge >= 0.3 is 6.03 Å². The molecule has 3 amide bonds. The van der Waals surface area contributed by atoms with Crippen molar-refractivity contribution >= 4 is 17.6 Å². The van der Waals surface area contributed by atoms with Gasteiger partial charge in [0.15, 0.2) is 11.5 Å². The SMILES string of the molecule is O=C(Nc1ccc2c(c1)OCO2)N[C@H]1CC[C@H](CCNC(=O)C2CCC2)O[C@@H]1CO. The molecule has 4 rings (SSSR count). The van der Waals surface area contributed by atoms with Crippen molar-refractivity contribution in [3.63, 3.8) is 0 Å². The lowest BCUT2D eigenvalue weighted by molar-refractivity contribution is -0.127. The number of carbonyl (C=O) groups excluding carboxylic acids is 2. The van der Waals surface area contributed by atoms with Crippen LogP contribution < -0.4 is 25.4 Å². The molecule has 0 bridgehead atoms. The van der Waals surface area contributed by atoms with Gasteiger partial charge in [-0.2, -0.15) is 0 Å². The normalized spacial score (nSPS) is 25.3. The van der Waals surface area contributed by atoms with Gasteiger partial charge in [-0.15, -0.1) is 0 Å². The maximum atomic E-state index is 12.4. The number of aliphatic hydroxyl groups excluding tert-OH is 1. The molecule has 3 aliphatic rings. The highest BCUT2D eigenvalue weighted by molar-refractivity contribution is 5.90. The number of hydrogen-bond donors (Lipinski definition) is 4. The third kappa shape index (κ3) is 4.96. The molecule has 2 fully saturated rings. The molecule has 3 atom stereocenters. The second kappa shape index (κ2) is 9.53. The third-order valence-corrected chi connectivity index (χ3v) is 5.98. The Labute approximate surface area is 175 Å². The lowest BCUT2D eigenvalue weighted by atomic mass is 9.85. The Kier molecular flexibility index (Phi) is 6.59. The highest BCUT2D eigenvalue weighted by atomic mass is 16.7. The van der Waals surface area contributed by atoms with E-state index in [0.29, 0.717) is 36.6 Å². The molecule has 9 nitrogen and oxygen atoms in total. The number of hydrogen-bond acceptors (Lipinski definition) is 6. The van der Waals surface area contributed by atoms with Crippen LogP contribution in [0.5, 0.6) is 11.5 Å². The summed E-state index contributed by atoms with van der Waals surface area (Å²) in [5.41, 5.74) is 0.592. The molecule has 1 aromatic rings. The second-order valence-electron chi connectivity index (χ2n) is 8.04. The smallest absolute Gasteiger partial charge is 0.319 e. The van der Waals surface area contributed by atoms with Gasteiger partial charge in [-0.05, 0) is 44.2 Å². The fourth-order valence-corrected chi connectivity index (χ4v) is 3.99. The summed E-state index contributed by atoms with van der Waals surface area (Å²) < 4.78 is 16.5. The number of aliphatic hydroxyl groups is 1. The molecular weight excluding hydrogens is 390 g/mol. The minimum Gasteiger partial charge on any atom is -0.454 e. The molecular formula is C21H29N3O6. The van der Waals surface area contributed by atoms with Gasteiger partial charge in [-0.1, -0.05) is 6.42 Å². The number of nitrogens with one attached hydrogen (secondary N) is 3. The summed E-state index contributed by atoms with van der Waals surface area (Å²) in [6.07, 6.45) is 4.74. The first-order valence-corrected chi connectivity index (χ1v) is 10.6. The van der Waals surface area contributed by atoms with E-state index < -0.39 is 6.10 Å². The van der Waals surface area contributed by atoms with Crippen LogP contribution in [0.4, 0.5) is 10.5 Å². The van der Waals surface area contributed by atoms with Gasteiger partial charge in [0.1, 0.15) is 6.10 Å². The van der Waals surface area contributed by atoms with Crippen LogP contribution in [-0.4, -0.2) is 55.2 Å². The van der Waals surface area contributed by atoms with Crippen molar-refractivity contribution in [2.24, 2.45) is 5.92 Å². The van der Waals surface area contributed by atoms with E-state index in [1.54, 1.807) is 18.2 Å². The number of benzene rings is 1. The number of fused-ring (bicyclic) bond motifs is 1. The fourth-order valence-electron chi connectivity index (χ4n) is 3.99. The van der Waals surface area contributed by atoms with Crippen LogP contribution >= 0.6 is 0 Å². The van der Waals surface area contributed by atoms with Crippen molar-refractivity contribution in [1.29, 1.82) is 0 Å². The maximum Gasteiger partial charge on any atom is 0.319 e. The summed E-state index contributed by atoms with van der Waals surface area (Å²) in [6.45, 7) is 0.564. The van der Waals surface area contributed by atoms with E-state index in [0.717, 1.165) is 25.7 Å². The van der Waals surface area contributed by atoms with Crippen LogP contribution in [-0.2, 0) is 9.53 Å². The molecule has 4 N–H and O–H groups in total. The van der Waals surface area contributed by atoms with E-state index in [4.69, 9.17) is 14.2 Å². The van der Waals surface area contributed by atoms with Crippen molar-refractivity contribution in [1.82, 2.24) is 10.6 Å². The van der Waals surface area contributed by atoms with E-state index in [1.807, 2.05) is 0 Å². The van der Waals surface area contributed by atoms with E-state index >= 15 is 0 Å². The molecule has 1 aromatic carbocycles. The van der Waals surface area contributed by atoms with Crippen LogP contribution in [0.2, 0.25) is 0 Å². The number of ether oxygens (including phenoxy) is 3. The zero-order chi connectivity index (χ0) is 20.9. The molecule has 30 heavy (non-hydrogen) atoms. The summed E-state index contributed by atoms with van der Waals surface area (Å²) >= 11 is 0. The average molecular weight is 419 g/mol. The van der Waals surface area contributed by atoms with Crippen LogP contribution in [0.3, 0.4) is 0 Å². The highest BCUT2D eigenvalue weighted by Gasteiger charge is 2.32. The van der Waals surface area contributed by atoms with E-state index in [2.05, 4.69) is 16.0 Å². The van der Waals surface area contributed by atoms with Gasteiger partial charge < -0.3 is 35.3 Å². The number of anilines is 1. The van der Waals surface area contributed by atoms with Crippen molar-refractivity contribution in [3.05, 3.63) is 18.2 Å². The van der Waals surface area contributed by atoms with Crippen molar-refractivity contribution in [2.45, 2.75) is 56.8 Å². The Hall–Kier alpha value is -2.52. The molecule has 0 radical (unpaired) electrons. The number of carbonyl (C=O) groups is 2. The van der Waals surface area contributed by atoms with Crippen LogP contribution in [0.15, 0.2) is 18.2 Å². The topological polar surface area (TPSA) is 118 Å². The Morgan fingerprint density at radius 1 is 1.10 bits per heavy atom. The Morgan fingerprint density at radius 3 is 2.70 bits per heavy atom. The Bertz CT molecular complexity index is 769. The zero-order valence-electron chi connectivity index (χ0n) is 16.9. The molecule has 1 saturated heterocycles. The predicted octanol–water partition coefficient (Wildman–Crippen LogP) is 1.75. The van der Waals surface area contributed by atoms with E-state index in [1.165, 1.54) is 0 Å². The van der Waals surface area contributed by atoms with Gasteiger partial charge in [0.2, 0.25) is 12.7 Å². The lowest BCUT2D eigenvalue weighted by Crippen LogP contribution is -2.52. The molecule has 0 aromatic heterocycles. The monoisotopic (exact) mass is 419 g/mol. The van der Waals surface area contributed by atoms with E-state index in [9.17, 15) is 14.7 Å². The maximum absolute atomic E-state index is 12.4. The summed E-state index contributed by atoms with van der Waals surface area (Å²) in [4.78, 5) is 24.3. The number of amides is 3. The van der Waals surface area contributed by atoms with Crippen molar-refractivity contribution < 1.29 is 28.9 Å². The minimum atomic E-state index is -0.478. The molecule has 9 heteroatoms. The van der Waals surface area contributed by atoms with Crippen LogP contribution in [0.25, 0.3) is 0 Å². The summed E-state index contributed by atoms with van der Waals surface area (Å²) in [5.74, 6) is 1.56. The molecule has 2 aliphatic heterocycles. The first kappa shape index (κ1) is 20.7. The standard InChI is InChI=1S/C21H29N3O6/c25-11-19-16(6-5-15(30-19)8-9-22-20(26)13-2-1-3-13)24-21(27)23-14-4-7-17-18(10-14)29-12-28-17/h4,7,10,13,15-16,19,25H,1-3,5-6,8-9,11-12H2,(H,22,26)(H2,23,24,27)/t15-,16+,19-/m1/s1. The fraction of sp³-hybridized carbons (Fsp3) is 0.619. The van der Waals surface area contributed by atoms with Crippen molar-refractivity contribution in [2.75, 3.05) is 25.3 Å². The summed E-state index contributed by atoms with van der Waals surface area (Å²) in [7, 11) is 0. The molecule has 1 saturated carbocycles.